The molecule has 2 aliphatic heterocycles. The van der Waals surface area contributed by atoms with Crippen molar-refractivity contribution in [3.05, 3.63) is 144 Å². The smallest absolute Gasteiger partial charge is 0.374 e. The summed E-state index contributed by atoms with van der Waals surface area (Å²) in [7, 11) is 0. The van der Waals surface area contributed by atoms with E-state index in [1.807, 2.05) is 135 Å². The summed E-state index contributed by atoms with van der Waals surface area (Å²) in [6, 6.07) is 39.9. The molecule has 6 rings (SSSR count). The van der Waals surface area contributed by atoms with Crippen LogP contribution in [0.3, 0.4) is 0 Å². The van der Waals surface area contributed by atoms with Gasteiger partial charge in [-0.15, -0.1) is 0 Å². The van der Waals surface area contributed by atoms with E-state index < -0.39 is 36.6 Å². The van der Waals surface area contributed by atoms with E-state index in [9.17, 15) is 4.57 Å². The summed E-state index contributed by atoms with van der Waals surface area (Å²) in [5.74, 6) is 0. The number of ether oxygens (including phenoxy) is 5. The van der Waals surface area contributed by atoms with Crippen molar-refractivity contribution in [2.24, 2.45) is 5.41 Å². The van der Waals surface area contributed by atoms with Crippen molar-refractivity contribution < 1.29 is 37.3 Å². The molecule has 260 valence electrons. The molecule has 0 aliphatic carbocycles. The van der Waals surface area contributed by atoms with Crippen molar-refractivity contribution in [3.63, 3.8) is 0 Å². The Balaban J connectivity index is 1.32. The zero-order chi connectivity index (χ0) is 33.9. The van der Waals surface area contributed by atoms with E-state index in [1.165, 1.54) is 0 Å². The molecule has 49 heavy (non-hydrogen) atoms. The number of rotatable bonds is 15. The SMILES string of the molecule is CC1(C)COP(=O)(SC2OC(COCc3ccccc3)C(OCc3ccccc3)C(OCc3ccccc3)C2OCc2ccccc2)OC1. The summed E-state index contributed by atoms with van der Waals surface area (Å²) in [4.78, 5) is 0. The Labute approximate surface area is 293 Å². The van der Waals surface area contributed by atoms with Gasteiger partial charge in [0.1, 0.15) is 29.9 Å². The van der Waals surface area contributed by atoms with Crippen LogP contribution in [-0.4, -0.2) is 49.7 Å². The first kappa shape index (κ1) is 36.0. The van der Waals surface area contributed by atoms with Crippen molar-refractivity contribution in [3.8, 4) is 0 Å². The molecule has 0 aromatic heterocycles. The van der Waals surface area contributed by atoms with Crippen molar-refractivity contribution in [2.75, 3.05) is 19.8 Å². The second kappa shape index (κ2) is 17.4. The summed E-state index contributed by atoms with van der Waals surface area (Å²) in [5.41, 5.74) is 3.02. The summed E-state index contributed by atoms with van der Waals surface area (Å²) >= 11 is 1.04. The molecular weight excluding hydrogens is 659 g/mol. The van der Waals surface area contributed by atoms with Crippen LogP contribution < -0.4 is 0 Å². The molecule has 2 saturated heterocycles. The van der Waals surface area contributed by atoms with Gasteiger partial charge in [0.25, 0.3) is 0 Å². The highest BCUT2D eigenvalue weighted by atomic mass is 32.7. The minimum atomic E-state index is -3.61. The maximum atomic E-state index is 14.1. The molecule has 10 heteroatoms. The van der Waals surface area contributed by atoms with Gasteiger partial charge in [-0.2, -0.15) is 0 Å². The second-order valence-electron chi connectivity index (χ2n) is 13.1. The predicted molar refractivity (Wildman–Crippen MR) is 191 cm³/mol. The normalized spacial score (nSPS) is 24.7. The van der Waals surface area contributed by atoms with Crippen LogP contribution in [0, 0.1) is 5.41 Å². The molecule has 2 aliphatic rings. The quantitative estimate of drug-likeness (QED) is 0.113. The zero-order valence-electron chi connectivity index (χ0n) is 28.0. The standard InChI is InChI=1S/C39H45O8PS/c1-39(2)28-45-48(40,46-29-39)49-38-37(44-26-33-21-13-6-14-22-33)36(43-25-32-19-11-5-12-20-32)35(42-24-31-17-9-4-10-18-31)34(47-38)27-41-23-30-15-7-3-8-16-30/h3-22,34-38H,23-29H2,1-2H3. The highest BCUT2D eigenvalue weighted by molar-refractivity contribution is 8.55. The number of benzene rings is 4. The lowest BCUT2D eigenvalue weighted by Crippen LogP contribution is -2.60. The molecule has 2 fully saturated rings. The molecule has 0 amide bonds. The first-order valence-corrected chi connectivity index (χ1v) is 19.7. The van der Waals surface area contributed by atoms with Crippen LogP contribution in [0.4, 0.5) is 0 Å². The third kappa shape index (κ3) is 10.6. The Morgan fingerprint density at radius 2 is 1.02 bits per heavy atom. The van der Waals surface area contributed by atoms with Gasteiger partial charge < -0.3 is 32.7 Å². The fraction of sp³-hybridized carbons (Fsp3) is 0.385. The molecule has 4 aromatic rings. The van der Waals surface area contributed by atoms with E-state index in [-0.39, 0.29) is 18.6 Å². The van der Waals surface area contributed by atoms with Gasteiger partial charge in [0, 0.05) is 5.41 Å². The van der Waals surface area contributed by atoms with Gasteiger partial charge >= 0.3 is 6.80 Å². The average Bonchev–Trinajstić information content (AvgIpc) is 3.13. The topological polar surface area (TPSA) is 81.7 Å². The Kier molecular flexibility index (Phi) is 12.8. The van der Waals surface area contributed by atoms with Gasteiger partial charge in [0.2, 0.25) is 0 Å². The molecule has 0 bridgehead atoms. The van der Waals surface area contributed by atoms with Crippen molar-refractivity contribution in [1.29, 1.82) is 0 Å². The van der Waals surface area contributed by atoms with Gasteiger partial charge in [0.05, 0.1) is 46.2 Å². The molecule has 4 aromatic carbocycles. The molecule has 0 radical (unpaired) electrons. The minimum absolute atomic E-state index is 0.209. The molecular formula is C39H45O8PS. The van der Waals surface area contributed by atoms with E-state index in [0.29, 0.717) is 33.0 Å². The van der Waals surface area contributed by atoms with E-state index in [4.69, 9.17) is 32.7 Å². The second-order valence-corrected chi connectivity index (χ2v) is 17.2. The van der Waals surface area contributed by atoms with Crippen molar-refractivity contribution >= 4 is 18.2 Å². The first-order valence-electron chi connectivity index (χ1n) is 16.7. The summed E-state index contributed by atoms with van der Waals surface area (Å²) in [6.45, 7) is 2.58. The Bertz CT molecular complexity index is 1580. The van der Waals surface area contributed by atoms with Gasteiger partial charge in [0.15, 0.2) is 0 Å². The van der Waals surface area contributed by atoms with E-state index in [2.05, 4.69) is 0 Å². The molecule has 5 unspecified atom stereocenters. The van der Waals surface area contributed by atoms with Gasteiger partial charge in [-0.05, 0) is 33.6 Å². The number of hydrogen-bond acceptors (Lipinski definition) is 9. The molecule has 2 heterocycles. The van der Waals surface area contributed by atoms with Crippen LogP contribution in [-0.2, 0) is 63.7 Å². The molecule has 0 saturated carbocycles. The highest BCUT2D eigenvalue weighted by Gasteiger charge is 2.52. The van der Waals surface area contributed by atoms with Gasteiger partial charge in [-0.1, -0.05) is 135 Å². The van der Waals surface area contributed by atoms with E-state index >= 15 is 0 Å². The van der Waals surface area contributed by atoms with Crippen LogP contribution in [0.15, 0.2) is 121 Å². The van der Waals surface area contributed by atoms with E-state index in [0.717, 1.165) is 33.6 Å². The third-order valence-electron chi connectivity index (χ3n) is 8.30. The maximum absolute atomic E-state index is 14.1. The Hall–Kier alpha value is -2.82. The fourth-order valence-corrected chi connectivity index (χ4v) is 9.57. The summed E-state index contributed by atoms with van der Waals surface area (Å²) < 4.78 is 59.2. The van der Waals surface area contributed by atoms with Crippen LogP contribution >= 0.6 is 18.2 Å². The van der Waals surface area contributed by atoms with Gasteiger partial charge in [-0.3, -0.25) is 0 Å². The van der Waals surface area contributed by atoms with Crippen LogP contribution in [0.25, 0.3) is 0 Å². The molecule has 0 spiro atoms. The number of hydrogen-bond donors (Lipinski definition) is 0. The zero-order valence-corrected chi connectivity index (χ0v) is 29.7. The predicted octanol–water partition coefficient (Wildman–Crippen LogP) is 8.60. The highest BCUT2D eigenvalue weighted by Crippen LogP contribution is 2.66. The van der Waals surface area contributed by atoms with Crippen molar-refractivity contribution in [2.45, 2.75) is 70.1 Å². The minimum Gasteiger partial charge on any atom is -0.374 e. The molecule has 0 N–H and O–H groups in total. The van der Waals surface area contributed by atoms with Gasteiger partial charge in [-0.25, -0.2) is 4.57 Å². The fourth-order valence-electron chi connectivity index (χ4n) is 5.61. The Morgan fingerprint density at radius 1 is 0.612 bits per heavy atom. The summed E-state index contributed by atoms with van der Waals surface area (Å²) in [5, 5.41) is 0. The lowest BCUT2D eigenvalue weighted by atomic mass is 9.97. The van der Waals surface area contributed by atoms with Crippen LogP contribution in [0.5, 0.6) is 0 Å². The van der Waals surface area contributed by atoms with E-state index in [1.54, 1.807) is 0 Å². The lowest BCUT2D eigenvalue weighted by Gasteiger charge is -2.46. The third-order valence-corrected chi connectivity index (χ3v) is 12.1. The largest absolute Gasteiger partial charge is 0.391 e. The van der Waals surface area contributed by atoms with Crippen molar-refractivity contribution in [1.82, 2.24) is 0 Å². The van der Waals surface area contributed by atoms with Crippen LogP contribution in [0.1, 0.15) is 36.1 Å². The van der Waals surface area contributed by atoms with Crippen LogP contribution in [0.2, 0.25) is 0 Å². The lowest BCUT2D eigenvalue weighted by molar-refractivity contribution is -0.254. The molecule has 5 atom stereocenters. The molecule has 8 nitrogen and oxygen atoms in total. The monoisotopic (exact) mass is 704 g/mol. The summed E-state index contributed by atoms with van der Waals surface area (Å²) in [6.07, 6.45) is -2.51. The average molecular weight is 705 g/mol. The Morgan fingerprint density at radius 3 is 1.49 bits per heavy atom. The first-order chi connectivity index (χ1) is 23.9. The maximum Gasteiger partial charge on any atom is 0.391 e.